The fourth-order valence-electron chi connectivity index (χ4n) is 3.03. The highest BCUT2D eigenvalue weighted by atomic mass is 79.9. The van der Waals surface area contributed by atoms with Gasteiger partial charge < -0.3 is 10.1 Å². The molecule has 0 saturated carbocycles. The van der Waals surface area contributed by atoms with Gasteiger partial charge in [-0.3, -0.25) is 4.79 Å². The second-order valence-corrected chi connectivity index (χ2v) is 7.30. The number of alkyl halides is 1. The van der Waals surface area contributed by atoms with Gasteiger partial charge in [-0.1, -0.05) is 70.0 Å². The Balaban J connectivity index is 1.82. The number of hydrogen-bond acceptors (Lipinski definition) is 3. The summed E-state index contributed by atoms with van der Waals surface area (Å²) in [6.45, 7) is 1.66. The van der Waals surface area contributed by atoms with E-state index < -0.39 is 10.4 Å². The third kappa shape index (κ3) is 3.82. The van der Waals surface area contributed by atoms with Crippen molar-refractivity contribution < 1.29 is 9.53 Å². The number of ether oxygens (including phenoxy) is 1. The second-order valence-electron chi connectivity index (χ2n) is 5.95. The zero-order valence-corrected chi connectivity index (χ0v) is 15.5. The van der Waals surface area contributed by atoms with Crippen molar-refractivity contribution in [3.05, 3.63) is 70.7 Å². The molecule has 1 atom stereocenters. The Morgan fingerprint density at radius 2 is 1.71 bits per heavy atom. The predicted molar refractivity (Wildman–Crippen MR) is 99.4 cm³/mol. The smallest absolute Gasteiger partial charge is 0.325 e. The maximum atomic E-state index is 12.8. The number of carbonyl (C=O) groups is 1. The lowest BCUT2D eigenvalue weighted by molar-refractivity contribution is -0.163. The van der Waals surface area contributed by atoms with Crippen LogP contribution >= 0.6 is 27.5 Å². The average Bonchev–Trinajstić information content (AvgIpc) is 2.63. The summed E-state index contributed by atoms with van der Waals surface area (Å²) < 4.78 is 6.05. The largest absolute Gasteiger partial charge is 0.453 e. The average molecular weight is 409 g/mol. The molecular weight excluding hydrogens is 390 g/mol. The van der Waals surface area contributed by atoms with E-state index in [0.29, 0.717) is 5.02 Å². The molecule has 0 radical (unpaired) electrons. The Kier molecular flexibility index (Phi) is 5.59. The summed E-state index contributed by atoms with van der Waals surface area (Å²) in [5.41, 5.74) is 1.32. The van der Waals surface area contributed by atoms with E-state index in [1.807, 2.05) is 42.5 Å². The van der Waals surface area contributed by atoms with Crippen molar-refractivity contribution in [1.29, 1.82) is 0 Å². The van der Waals surface area contributed by atoms with Gasteiger partial charge in [0, 0.05) is 17.9 Å². The van der Waals surface area contributed by atoms with Crippen LogP contribution in [-0.4, -0.2) is 19.1 Å². The van der Waals surface area contributed by atoms with E-state index in [1.165, 1.54) is 0 Å². The maximum absolute atomic E-state index is 12.8. The molecule has 1 heterocycles. The summed E-state index contributed by atoms with van der Waals surface area (Å²) in [4.78, 5) is 12.2. The van der Waals surface area contributed by atoms with E-state index in [9.17, 15) is 4.79 Å². The molecule has 0 amide bonds. The predicted octanol–water partition coefficient (Wildman–Crippen LogP) is 4.60. The number of rotatable bonds is 4. The fraction of sp³-hybridized carbons (Fsp3) is 0.316. The Morgan fingerprint density at radius 3 is 2.33 bits per heavy atom. The summed E-state index contributed by atoms with van der Waals surface area (Å²) in [5, 5.41) is 3.98. The molecule has 3 rings (SSSR count). The second kappa shape index (κ2) is 7.68. The summed E-state index contributed by atoms with van der Waals surface area (Å²) in [6, 6.07) is 17.2. The fourth-order valence-corrected chi connectivity index (χ4v) is 3.56. The highest BCUT2D eigenvalue weighted by Gasteiger charge is 2.39. The van der Waals surface area contributed by atoms with Gasteiger partial charge in [-0.05, 0) is 36.3 Å². The van der Waals surface area contributed by atoms with Crippen molar-refractivity contribution in [3.8, 4) is 0 Å². The summed E-state index contributed by atoms with van der Waals surface area (Å²) in [5.74, 6) is -0.275. The van der Waals surface area contributed by atoms with E-state index in [-0.39, 0.29) is 5.97 Å². The molecule has 5 heteroatoms. The summed E-state index contributed by atoms with van der Waals surface area (Å²) in [6.07, 6.45) is 1.53. The molecule has 2 aromatic rings. The van der Waals surface area contributed by atoms with E-state index in [2.05, 4.69) is 21.2 Å². The van der Waals surface area contributed by atoms with Crippen LogP contribution in [0, 0.1) is 0 Å². The number of carbonyl (C=O) groups excluding carboxylic acids is 1. The molecule has 24 heavy (non-hydrogen) atoms. The quantitative estimate of drug-likeness (QED) is 0.593. The highest BCUT2D eigenvalue weighted by Crippen LogP contribution is 2.37. The van der Waals surface area contributed by atoms with E-state index in [0.717, 1.165) is 37.1 Å². The van der Waals surface area contributed by atoms with E-state index in [1.54, 1.807) is 12.1 Å². The Morgan fingerprint density at radius 1 is 1.08 bits per heavy atom. The molecule has 1 aliphatic rings. The van der Waals surface area contributed by atoms with Crippen LogP contribution in [0.25, 0.3) is 0 Å². The first-order chi connectivity index (χ1) is 11.6. The minimum Gasteiger partial charge on any atom is -0.453 e. The number of nitrogens with one attached hydrogen (secondary N) is 1. The number of piperidine rings is 1. The van der Waals surface area contributed by atoms with Gasteiger partial charge in [0.1, 0.15) is 10.4 Å². The standard InChI is InChI=1S/C19H19BrClNO2/c20-17(14-6-8-16(21)9-7-14)18(23)24-19(10-12-22-13-11-19)15-4-2-1-3-5-15/h1-9,17,22H,10-13H2. The van der Waals surface area contributed by atoms with Gasteiger partial charge in [0.05, 0.1) is 0 Å². The molecule has 0 spiro atoms. The number of halogens is 2. The first-order valence-corrected chi connectivity index (χ1v) is 9.29. The molecule has 1 N–H and O–H groups in total. The SMILES string of the molecule is O=C(OC1(c2ccccc2)CCNCC1)C(Br)c1ccc(Cl)cc1. The third-order valence-corrected chi connectivity index (χ3v) is 5.53. The van der Waals surface area contributed by atoms with Gasteiger partial charge in [0.25, 0.3) is 0 Å². The monoisotopic (exact) mass is 407 g/mol. The lowest BCUT2D eigenvalue weighted by Crippen LogP contribution is -2.43. The number of benzene rings is 2. The Hall–Kier alpha value is -1.36. The van der Waals surface area contributed by atoms with Crippen LogP contribution in [0.2, 0.25) is 5.02 Å². The first kappa shape index (κ1) is 17.5. The summed E-state index contributed by atoms with van der Waals surface area (Å²) >= 11 is 9.38. The van der Waals surface area contributed by atoms with Crippen LogP contribution < -0.4 is 5.32 Å². The van der Waals surface area contributed by atoms with Crippen molar-refractivity contribution in [2.24, 2.45) is 0 Å². The minimum absolute atomic E-state index is 0.275. The van der Waals surface area contributed by atoms with Gasteiger partial charge in [0.15, 0.2) is 0 Å². The van der Waals surface area contributed by atoms with Crippen molar-refractivity contribution in [3.63, 3.8) is 0 Å². The number of hydrogen-bond donors (Lipinski definition) is 1. The van der Waals surface area contributed by atoms with Crippen LogP contribution in [0.15, 0.2) is 54.6 Å². The van der Waals surface area contributed by atoms with Crippen LogP contribution in [0.3, 0.4) is 0 Å². The molecule has 1 aliphatic heterocycles. The minimum atomic E-state index is -0.567. The molecule has 0 bridgehead atoms. The van der Waals surface area contributed by atoms with Crippen LogP contribution in [-0.2, 0) is 15.1 Å². The first-order valence-electron chi connectivity index (χ1n) is 7.99. The molecule has 2 aromatic carbocycles. The molecule has 0 aliphatic carbocycles. The van der Waals surface area contributed by atoms with Crippen molar-refractivity contribution in [1.82, 2.24) is 5.32 Å². The molecule has 0 aromatic heterocycles. The molecule has 1 fully saturated rings. The molecule has 1 saturated heterocycles. The van der Waals surface area contributed by atoms with Gasteiger partial charge in [-0.25, -0.2) is 0 Å². The topological polar surface area (TPSA) is 38.3 Å². The van der Waals surface area contributed by atoms with Gasteiger partial charge in [-0.2, -0.15) is 0 Å². The van der Waals surface area contributed by atoms with Crippen molar-refractivity contribution in [2.75, 3.05) is 13.1 Å². The molecule has 3 nitrogen and oxygen atoms in total. The number of esters is 1. The maximum Gasteiger partial charge on any atom is 0.325 e. The zero-order valence-electron chi connectivity index (χ0n) is 13.2. The van der Waals surface area contributed by atoms with E-state index >= 15 is 0 Å². The highest BCUT2D eigenvalue weighted by molar-refractivity contribution is 9.09. The van der Waals surface area contributed by atoms with E-state index in [4.69, 9.17) is 16.3 Å². The van der Waals surface area contributed by atoms with Crippen LogP contribution in [0.1, 0.15) is 28.8 Å². The summed E-state index contributed by atoms with van der Waals surface area (Å²) in [7, 11) is 0. The van der Waals surface area contributed by atoms with Crippen molar-refractivity contribution in [2.45, 2.75) is 23.3 Å². The third-order valence-electron chi connectivity index (χ3n) is 4.38. The van der Waals surface area contributed by atoms with Crippen LogP contribution in [0.5, 0.6) is 0 Å². The lowest BCUT2D eigenvalue weighted by atomic mass is 9.84. The van der Waals surface area contributed by atoms with Gasteiger partial charge in [-0.15, -0.1) is 0 Å². The molecule has 126 valence electrons. The van der Waals surface area contributed by atoms with Gasteiger partial charge in [0.2, 0.25) is 0 Å². The van der Waals surface area contributed by atoms with Crippen LogP contribution in [0.4, 0.5) is 0 Å². The Bertz CT molecular complexity index is 684. The van der Waals surface area contributed by atoms with Crippen molar-refractivity contribution >= 4 is 33.5 Å². The molecule has 1 unspecified atom stereocenters. The van der Waals surface area contributed by atoms with Gasteiger partial charge >= 0.3 is 5.97 Å². The Labute approximate surface area is 155 Å². The lowest BCUT2D eigenvalue weighted by Gasteiger charge is -2.38. The zero-order chi connectivity index (χ0) is 17.0. The normalized spacial score (nSPS) is 17.9. The molecular formula is C19H19BrClNO2.